The zero-order chi connectivity index (χ0) is 10.7. The minimum atomic E-state index is -0.322. The summed E-state index contributed by atoms with van der Waals surface area (Å²) in [5.41, 5.74) is 0. The van der Waals surface area contributed by atoms with Crippen molar-refractivity contribution >= 4 is 6.09 Å². The van der Waals surface area contributed by atoms with Gasteiger partial charge in [0.15, 0.2) is 0 Å². The molecule has 0 bridgehead atoms. The van der Waals surface area contributed by atoms with Crippen LogP contribution in [0.3, 0.4) is 0 Å². The van der Waals surface area contributed by atoms with Gasteiger partial charge in [-0.1, -0.05) is 0 Å². The first-order chi connectivity index (χ1) is 7.29. The largest absolute Gasteiger partial charge is 0.448 e. The van der Waals surface area contributed by atoms with E-state index in [-0.39, 0.29) is 24.7 Å². The normalized spacial score (nSPS) is 31.1. The highest BCUT2D eigenvalue weighted by atomic mass is 16.6. The number of nitrogens with zero attached hydrogens (tertiary/aromatic N) is 2. The molecule has 0 aromatic carbocycles. The lowest BCUT2D eigenvalue weighted by molar-refractivity contribution is 0.0254. The predicted molar refractivity (Wildman–Crippen MR) is 51.0 cm³/mol. The number of hydrogen-bond acceptors (Lipinski definition) is 4. The lowest BCUT2D eigenvalue weighted by Gasteiger charge is -2.30. The first-order valence-corrected chi connectivity index (χ1v) is 5.22. The monoisotopic (exact) mass is 210 g/mol. The van der Waals surface area contributed by atoms with E-state index in [1.54, 1.807) is 4.90 Å². The van der Waals surface area contributed by atoms with Crippen molar-refractivity contribution in [2.24, 2.45) is 5.92 Å². The number of rotatable bonds is 2. The number of carbonyl (C=O) groups is 1. The van der Waals surface area contributed by atoms with Gasteiger partial charge in [0.25, 0.3) is 0 Å². The number of ether oxygens (including phenoxy) is 2. The minimum Gasteiger partial charge on any atom is -0.448 e. The van der Waals surface area contributed by atoms with Crippen molar-refractivity contribution in [3.8, 4) is 6.07 Å². The topological polar surface area (TPSA) is 62.6 Å². The molecule has 2 heterocycles. The van der Waals surface area contributed by atoms with Gasteiger partial charge >= 0.3 is 6.09 Å². The van der Waals surface area contributed by atoms with Crippen molar-refractivity contribution in [1.29, 1.82) is 5.26 Å². The fraction of sp³-hybridized carbons (Fsp3) is 0.800. The number of carbonyl (C=O) groups excluding carboxylic acids is 1. The summed E-state index contributed by atoms with van der Waals surface area (Å²) in [5, 5.41) is 8.76. The average Bonchev–Trinajstić information content (AvgIpc) is 2.74. The molecule has 2 rings (SSSR count). The van der Waals surface area contributed by atoms with Gasteiger partial charge in [0.05, 0.1) is 24.6 Å². The average molecular weight is 210 g/mol. The summed E-state index contributed by atoms with van der Waals surface area (Å²) < 4.78 is 10.4. The van der Waals surface area contributed by atoms with Crippen LogP contribution in [0.25, 0.3) is 0 Å². The van der Waals surface area contributed by atoms with Crippen LogP contribution in [0.1, 0.15) is 12.8 Å². The number of nitriles is 1. The third-order valence-corrected chi connectivity index (χ3v) is 2.74. The maximum Gasteiger partial charge on any atom is 0.409 e. The molecule has 0 aromatic rings. The molecule has 2 unspecified atom stereocenters. The smallest absolute Gasteiger partial charge is 0.409 e. The second-order valence-corrected chi connectivity index (χ2v) is 3.94. The third-order valence-electron chi connectivity index (χ3n) is 2.74. The van der Waals surface area contributed by atoms with E-state index in [1.165, 1.54) is 0 Å². The first-order valence-electron chi connectivity index (χ1n) is 5.22. The molecule has 0 aromatic heterocycles. The second-order valence-electron chi connectivity index (χ2n) is 3.94. The van der Waals surface area contributed by atoms with E-state index in [1.807, 2.05) is 0 Å². The van der Waals surface area contributed by atoms with Gasteiger partial charge in [-0.3, -0.25) is 0 Å². The van der Waals surface area contributed by atoms with Crippen molar-refractivity contribution in [2.75, 3.05) is 26.3 Å². The highest BCUT2D eigenvalue weighted by molar-refractivity contribution is 5.68. The molecule has 2 atom stereocenters. The molecular formula is C10H14N2O3. The second kappa shape index (κ2) is 4.49. The van der Waals surface area contributed by atoms with Crippen molar-refractivity contribution in [3.05, 3.63) is 0 Å². The Morgan fingerprint density at radius 2 is 2.47 bits per heavy atom. The van der Waals surface area contributed by atoms with E-state index in [9.17, 15) is 4.79 Å². The molecule has 0 saturated carbocycles. The van der Waals surface area contributed by atoms with E-state index in [0.29, 0.717) is 13.1 Å². The quantitative estimate of drug-likeness (QED) is 0.675. The fourth-order valence-electron chi connectivity index (χ4n) is 1.92. The summed E-state index contributed by atoms with van der Waals surface area (Å²) in [6.07, 6.45) is 1.84. The summed E-state index contributed by atoms with van der Waals surface area (Å²) in [7, 11) is 0. The molecule has 82 valence electrons. The molecule has 5 heteroatoms. The number of hydrogen-bond donors (Lipinski definition) is 0. The van der Waals surface area contributed by atoms with E-state index >= 15 is 0 Å². The molecule has 1 amide bonds. The third kappa shape index (κ3) is 2.39. The van der Waals surface area contributed by atoms with Crippen LogP contribution in [0.15, 0.2) is 0 Å². The minimum absolute atomic E-state index is 0.120. The Bertz CT molecular complexity index is 281. The van der Waals surface area contributed by atoms with E-state index in [4.69, 9.17) is 14.7 Å². The standard InChI is InChI=1S/C10H14N2O3/c11-4-8-5-12(10(13)15-7-8)6-9-2-1-3-14-9/h8-9H,1-3,5-7H2. The van der Waals surface area contributed by atoms with Crippen molar-refractivity contribution in [3.63, 3.8) is 0 Å². The molecule has 2 saturated heterocycles. The summed E-state index contributed by atoms with van der Waals surface area (Å²) in [6, 6.07) is 2.12. The first kappa shape index (κ1) is 10.2. The van der Waals surface area contributed by atoms with Gasteiger partial charge < -0.3 is 14.4 Å². The van der Waals surface area contributed by atoms with E-state index < -0.39 is 0 Å². The van der Waals surface area contributed by atoms with Gasteiger partial charge in [-0.25, -0.2) is 4.79 Å². The highest BCUT2D eigenvalue weighted by Crippen LogP contribution is 2.17. The van der Waals surface area contributed by atoms with Crippen molar-refractivity contribution in [2.45, 2.75) is 18.9 Å². The van der Waals surface area contributed by atoms with E-state index in [0.717, 1.165) is 19.4 Å². The SMILES string of the molecule is N#CC1COC(=O)N(CC2CCCO2)C1. The Morgan fingerprint density at radius 3 is 3.13 bits per heavy atom. The molecular weight excluding hydrogens is 196 g/mol. The molecule has 0 radical (unpaired) electrons. The Hall–Kier alpha value is -1.28. The van der Waals surface area contributed by atoms with Crippen LogP contribution in [0.4, 0.5) is 4.79 Å². The molecule has 2 aliphatic heterocycles. The zero-order valence-corrected chi connectivity index (χ0v) is 8.52. The molecule has 2 fully saturated rings. The van der Waals surface area contributed by atoms with Crippen LogP contribution in [0.5, 0.6) is 0 Å². The van der Waals surface area contributed by atoms with E-state index in [2.05, 4.69) is 6.07 Å². The van der Waals surface area contributed by atoms with Crippen LogP contribution in [-0.2, 0) is 9.47 Å². The predicted octanol–water partition coefficient (Wildman–Crippen LogP) is 0.757. The number of amides is 1. The van der Waals surface area contributed by atoms with Crippen LogP contribution >= 0.6 is 0 Å². The van der Waals surface area contributed by atoms with Crippen LogP contribution < -0.4 is 0 Å². The maximum atomic E-state index is 11.4. The molecule has 5 nitrogen and oxygen atoms in total. The molecule has 15 heavy (non-hydrogen) atoms. The van der Waals surface area contributed by atoms with Gasteiger partial charge in [0.1, 0.15) is 6.61 Å². The van der Waals surface area contributed by atoms with Gasteiger partial charge in [-0.2, -0.15) is 5.26 Å². The Morgan fingerprint density at radius 1 is 1.60 bits per heavy atom. The van der Waals surface area contributed by atoms with Gasteiger partial charge in [0.2, 0.25) is 0 Å². The van der Waals surface area contributed by atoms with Gasteiger partial charge in [0, 0.05) is 13.2 Å². The molecule has 0 N–H and O–H groups in total. The Kier molecular flexibility index (Phi) is 3.07. The number of cyclic esters (lactones) is 1. The lowest BCUT2D eigenvalue weighted by Crippen LogP contribution is -2.45. The Labute approximate surface area is 88.6 Å². The lowest BCUT2D eigenvalue weighted by atomic mass is 10.1. The Balaban J connectivity index is 1.88. The van der Waals surface area contributed by atoms with Crippen molar-refractivity contribution < 1.29 is 14.3 Å². The molecule has 0 aliphatic carbocycles. The zero-order valence-electron chi connectivity index (χ0n) is 8.52. The summed E-state index contributed by atoms with van der Waals surface area (Å²) in [4.78, 5) is 13.0. The molecule has 0 spiro atoms. The van der Waals surface area contributed by atoms with Crippen LogP contribution in [0, 0.1) is 17.2 Å². The summed E-state index contributed by atoms with van der Waals surface area (Å²) in [5.74, 6) is -0.205. The summed E-state index contributed by atoms with van der Waals surface area (Å²) >= 11 is 0. The van der Waals surface area contributed by atoms with Crippen LogP contribution in [0.2, 0.25) is 0 Å². The van der Waals surface area contributed by atoms with Gasteiger partial charge in [-0.05, 0) is 12.8 Å². The van der Waals surface area contributed by atoms with Crippen molar-refractivity contribution in [1.82, 2.24) is 4.90 Å². The van der Waals surface area contributed by atoms with Crippen LogP contribution in [-0.4, -0.2) is 43.4 Å². The molecule has 2 aliphatic rings. The maximum absolute atomic E-state index is 11.4. The van der Waals surface area contributed by atoms with Gasteiger partial charge in [-0.15, -0.1) is 0 Å². The highest BCUT2D eigenvalue weighted by Gasteiger charge is 2.30. The summed E-state index contributed by atoms with van der Waals surface area (Å²) in [6.45, 7) is 2.01. The fourth-order valence-corrected chi connectivity index (χ4v) is 1.92.